The predicted molar refractivity (Wildman–Crippen MR) is 94.1 cm³/mol. The molecular formula is C18H13FN2O3S. The van der Waals surface area contributed by atoms with Gasteiger partial charge in [0.2, 0.25) is 5.91 Å². The molecule has 0 unspecified atom stereocenters. The number of carbonyl (C=O) groups is 3. The molecule has 1 N–H and O–H groups in total. The summed E-state index contributed by atoms with van der Waals surface area (Å²) in [5.41, 5.74) is 1.05. The second kappa shape index (κ2) is 7.31. The summed E-state index contributed by atoms with van der Waals surface area (Å²) in [6, 6.07) is 14.4. The Balaban J connectivity index is 1.70. The van der Waals surface area contributed by atoms with Crippen molar-refractivity contribution < 1.29 is 18.8 Å². The van der Waals surface area contributed by atoms with E-state index >= 15 is 0 Å². The van der Waals surface area contributed by atoms with Crippen molar-refractivity contribution >= 4 is 40.6 Å². The lowest BCUT2D eigenvalue weighted by atomic mass is 10.2. The van der Waals surface area contributed by atoms with Crippen LogP contribution in [-0.4, -0.2) is 28.5 Å². The van der Waals surface area contributed by atoms with Gasteiger partial charge in [-0.3, -0.25) is 19.3 Å². The molecule has 25 heavy (non-hydrogen) atoms. The fourth-order valence-electron chi connectivity index (χ4n) is 2.25. The lowest BCUT2D eigenvalue weighted by Crippen LogP contribution is -2.36. The molecule has 0 saturated carbocycles. The van der Waals surface area contributed by atoms with E-state index in [2.05, 4.69) is 5.32 Å². The molecule has 2 aromatic rings. The van der Waals surface area contributed by atoms with E-state index in [9.17, 15) is 18.8 Å². The van der Waals surface area contributed by atoms with Crippen LogP contribution in [0, 0.1) is 5.82 Å². The second-order valence-electron chi connectivity index (χ2n) is 5.24. The molecule has 1 aliphatic heterocycles. The molecule has 126 valence electrons. The van der Waals surface area contributed by atoms with E-state index in [0.29, 0.717) is 11.3 Å². The minimum Gasteiger partial charge on any atom is -0.325 e. The number of rotatable bonds is 4. The Labute approximate surface area is 147 Å². The zero-order chi connectivity index (χ0) is 17.8. The monoisotopic (exact) mass is 356 g/mol. The predicted octanol–water partition coefficient (Wildman–Crippen LogP) is 3.50. The van der Waals surface area contributed by atoms with E-state index in [0.717, 1.165) is 16.7 Å². The summed E-state index contributed by atoms with van der Waals surface area (Å²) < 4.78 is 13.2. The number of halogens is 1. The van der Waals surface area contributed by atoms with Crippen molar-refractivity contribution in [2.24, 2.45) is 0 Å². The van der Waals surface area contributed by atoms with Crippen LogP contribution >= 0.6 is 11.8 Å². The number of hydrogen-bond donors (Lipinski definition) is 1. The van der Waals surface area contributed by atoms with Crippen LogP contribution in [0.1, 0.15) is 5.56 Å². The minimum absolute atomic E-state index is 0.156. The van der Waals surface area contributed by atoms with Crippen LogP contribution in [0.2, 0.25) is 0 Å². The second-order valence-corrected chi connectivity index (χ2v) is 6.23. The number of para-hydroxylation sites is 1. The molecule has 1 aliphatic rings. The third-order valence-corrected chi connectivity index (χ3v) is 4.29. The number of benzene rings is 2. The van der Waals surface area contributed by atoms with Gasteiger partial charge in [0, 0.05) is 5.69 Å². The Morgan fingerprint density at radius 3 is 2.60 bits per heavy atom. The number of nitrogens with zero attached hydrogens (tertiary/aromatic N) is 1. The number of amides is 3. The highest BCUT2D eigenvalue weighted by molar-refractivity contribution is 8.18. The summed E-state index contributed by atoms with van der Waals surface area (Å²) in [4.78, 5) is 37.4. The zero-order valence-electron chi connectivity index (χ0n) is 12.9. The fraction of sp³-hybridized carbons (Fsp3) is 0.0556. The zero-order valence-corrected chi connectivity index (χ0v) is 13.8. The average Bonchev–Trinajstić information content (AvgIpc) is 2.83. The van der Waals surface area contributed by atoms with E-state index in [1.165, 1.54) is 24.3 Å². The van der Waals surface area contributed by atoms with E-state index in [-0.39, 0.29) is 11.4 Å². The van der Waals surface area contributed by atoms with Crippen molar-refractivity contribution in [3.05, 3.63) is 70.9 Å². The first-order valence-corrected chi connectivity index (χ1v) is 8.20. The molecule has 0 radical (unpaired) electrons. The standard InChI is InChI=1S/C18H13FN2O3S/c19-13-6-4-5-12(9-13)10-15-17(23)21(18(24)25-15)11-16(22)20-14-7-2-1-3-8-14/h1-10H,11H2,(H,20,22). The first kappa shape index (κ1) is 16.9. The molecule has 1 heterocycles. The number of carbonyl (C=O) groups excluding carboxylic acids is 3. The molecule has 0 aliphatic carbocycles. The highest BCUT2D eigenvalue weighted by Crippen LogP contribution is 2.32. The number of imide groups is 1. The van der Waals surface area contributed by atoms with Crippen molar-refractivity contribution in [1.29, 1.82) is 0 Å². The van der Waals surface area contributed by atoms with Gasteiger partial charge in [0.15, 0.2) is 0 Å². The largest absolute Gasteiger partial charge is 0.325 e. The van der Waals surface area contributed by atoms with Gasteiger partial charge in [-0.25, -0.2) is 4.39 Å². The van der Waals surface area contributed by atoms with Crippen LogP contribution in [0.5, 0.6) is 0 Å². The van der Waals surface area contributed by atoms with Crippen molar-refractivity contribution in [1.82, 2.24) is 4.90 Å². The molecule has 0 aromatic heterocycles. The van der Waals surface area contributed by atoms with Crippen LogP contribution in [0.15, 0.2) is 59.5 Å². The molecule has 0 bridgehead atoms. The topological polar surface area (TPSA) is 66.5 Å². The maximum Gasteiger partial charge on any atom is 0.294 e. The number of anilines is 1. The number of hydrogen-bond acceptors (Lipinski definition) is 4. The van der Waals surface area contributed by atoms with Gasteiger partial charge in [-0.15, -0.1) is 0 Å². The average molecular weight is 356 g/mol. The molecule has 1 fully saturated rings. The lowest BCUT2D eigenvalue weighted by Gasteiger charge is -2.12. The van der Waals surface area contributed by atoms with Crippen molar-refractivity contribution in [2.45, 2.75) is 0 Å². The van der Waals surface area contributed by atoms with Gasteiger partial charge < -0.3 is 5.32 Å². The van der Waals surface area contributed by atoms with Crippen molar-refractivity contribution in [2.75, 3.05) is 11.9 Å². The van der Waals surface area contributed by atoms with Gasteiger partial charge in [0.05, 0.1) is 4.91 Å². The first-order chi connectivity index (χ1) is 12.0. The van der Waals surface area contributed by atoms with Crippen molar-refractivity contribution in [3.63, 3.8) is 0 Å². The smallest absolute Gasteiger partial charge is 0.294 e. The number of nitrogens with one attached hydrogen (secondary N) is 1. The van der Waals surface area contributed by atoms with Gasteiger partial charge >= 0.3 is 0 Å². The molecule has 5 nitrogen and oxygen atoms in total. The molecule has 3 amide bonds. The highest BCUT2D eigenvalue weighted by atomic mass is 32.2. The molecule has 0 atom stereocenters. The van der Waals surface area contributed by atoms with Gasteiger partial charge in [-0.1, -0.05) is 30.3 Å². The maximum absolute atomic E-state index is 13.2. The normalized spacial score (nSPS) is 15.7. The Morgan fingerprint density at radius 1 is 1.12 bits per heavy atom. The van der Waals surface area contributed by atoms with Crippen LogP contribution in [0.25, 0.3) is 6.08 Å². The van der Waals surface area contributed by atoms with E-state index < -0.39 is 22.9 Å². The lowest BCUT2D eigenvalue weighted by molar-refractivity contribution is -0.127. The number of thioether (sulfide) groups is 1. The van der Waals surface area contributed by atoms with Crippen LogP contribution in [0.3, 0.4) is 0 Å². The van der Waals surface area contributed by atoms with Gasteiger partial charge in [0.25, 0.3) is 11.1 Å². The summed E-state index contributed by atoms with van der Waals surface area (Å²) in [7, 11) is 0. The quantitative estimate of drug-likeness (QED) is 0.852. The Kier molecular flexibility index (Phi) is 4.95. The highest BCUT2D eigenvalue weighted by Gasteiger charge is 2.36. The molecular weight excluding hydrogens is 343 g/mol. The molecule has 1 saturated heterocycles. The summed E-state index contributed by atoms with van der Waals surface area (Å²) >= 11 is 0.727. The summed E-state index contributed by atoms with van der Waals surface area (Å²) in [5, 5.41) is 2.09. The maximum atomic E-state index is 13.2. The summed E-state index contributed by atoms with van der Waals surface area (Å²) in [5.74, 6) is -1.47. The molecule has 7 heteroatoms. The van der Waals surface area contributed by atoms with Gasteiger partial charge in [-0.05, 0) is 47.7 Å². The van der Waals surface area contributed by atoms with E-state index in [1.807, 2.05) is 6.07 Å². The third-order valence-electron chi connectivity index (χ3n) is 3.38. The Bertz CT molecular complexity index is 868. The van der Waals surface area contributed by atoms with Gasteiger partial charge in [-0.2, -0.15) is 0 Å². The van der Waals surface area contributed by atoms with Crippen LogP contribution in [0.4, 0.5) is 14.9 Å². The summed E-state index contributed by atoms with van der Waals surface area (Å²) in [6.07, 6.45) is 1.43. The Hall–Kier alpha value is -2.93. The summed E-state index contributed by atoms with van der Waals surface area (Å²) in [6.45, 7) is -0.375. The third kappa shape index (κ3) is 4.13. The SMILES string of the molecule is O=C(CN1C(=O)SC(=Cc2cccc(F)c2)C1=O)Nc1ccccc1. The van der Waals surface area contributed by atoms with Gasteiger partial charge in [0.1, 0.15) is 12.4 Å². The van der Waals surface area contributed by atoms with Crippen molar-refractivity contribution in [3.8, 4) is 0 Å². The molecule has 3 rings (SSSR count). The van der Waals surface area contributed by atoms with Crippen LogP contribution in [-0.2, 0) is 9.59 Å². The van der Waals surface area contributed by atoms with E-state index in [4.69, 9.17) is 0 Å². The Morgan fingerprint density at radius 2 is 1.88 bits per heavy atom. The molecule has 2 aromatic carbocycles. The first-order valence-electron chi connectivity index (χ1n) is 7.39. The van der Waals surface area contributed by atoms with Crippen LogP contribution < -0.4 is 5.32 Å². The molecule has 0 spiro atoms. The van der Waals surface area contributed by atoms with E-state index in [1.54, 1.807) is 30.3 Å². The fourth-order valence-corrected chi connectivity index (χ4v) is 3.09. The minimum atomic E-state index is -0.567.